The normalized spacial score (nSPS) is 15.9. The highest BCUT2D eigenvalue weighted by atomic mass is 32.1. The van der Waals surface area contributed by atoms with Crippen molar-refractivity contribution in [3.63, 3.8) is 0 Å². The quantitative estimate of drug-likeness (QED) is 0.844. The van der Waals surface area contributed by atoms with Crippen molar-refractivity contribution in [2.45, 2.75) is 39.7 Å². The van der Waals surface area contributed by atoms with Crippen LogP contribution < -0.4 is 11.1 Å². The first-order valence-corrected chi connectivity index (χ1v) is 7.54. The van der Waals surface area contributed by atoms with Crippen molar-refractivity contribution in [1.29, 1.82) is 0 Å². The van der Waals surface area contributed by atoms with Crippen molar-refractivity contribution in [2.75, 3.05) is 11.9 Å². The van der Waals surface area contributed by atoms with Crippen LogP contribution in [0.3, 0.4) is 0 Å². The number of primary amides is 1. The maximum absolute atomic E-state index is 12.1. The molecular formula is C14H20N2O3S. The summed E-state index contributed by atoms with van der Waals surface area (Å²) in [5.74, 6) is -0.152. The summed E-state index contributed by atoms with van der Waals surface area (Å²) in [5.41, 5.74) is 6.59. The molecule has 0 unspecified atom stereocenters. The van der Waals surface area contributed by atoms with Gasteiger partial charge in [-0.1, -0.05) is 0 Å². The van der Waals surface area contributed by atoms with Crippen LogP contribution in [-0.4, -0.2) is 24.5 Å². The summed E-state index contributed by atoms with van der Waals surface area (Å²) in [5, 5.41) is 3.26. The Morgan fingerprint density at radius 2 is 2.10 bits per heavy atom. The van der Waals surface area contributed by atoms with Crippen LogP contribution in [0.1, 0.15) is 40.6 Å². The van der Waals surface area contributed by atoms with E-state index in [-0.39, 0.29) is 5.91 Å². The van der Waals surface area contributed by atoms with Crippen molar-refractivity contribution in [2.24, 2.45) is 11.7 Å². The molecule has 0 bridgehead atoms. The second kappa shape index (κ2) is 5.93. The SMILES string of the molecule is Cc1sc(NC(=O)[C@H](C)OCC2CC2)c(C(N)=O)c1C. The number of thiophene rings is 1. The largest absolute Gasteiger partial charge is 0.368 e. The predicted molar refractivity (Wildman–Crippen MR) is 79.1 cm³/mol. The van der Waals surface area contributed by atoms with Crippen LogP contribution >= 0.6 is 11.3 Å². The summed E-state index contributed by atoms with van der Waals surface area (Å²) >= 11 is 1.36. The zero-order valence-corrected chi connectivity index (χ0v) is 12.8. The van der Waals surface area contributed by atoms with Crippen molar-refractivity contribution in [3.05, 3.63) is 16.0 Å². The molecule has 1 heterocycles. The molecule has 0 aromatic carbocycles. The van der Waals surface area contributed by atoms with Gasteiger partial charge in [-0.25, -0.2) is 0 Å². The van der Waals surface area contributed by atoms with Gasteiger partial charge in [-0.05, 0) is 45.1 Å². The number of hydrogen-bond acceptors (Lipinski definition) is 4. The third-order valence-electron chi connectivity index (χ3n) is 3.52. The van der Waals surface area contributed by atoms with Crippen LogP contribution in [0.25, 0.3) is 0 Å². The smallest absolute Gasteiger partial charge is 0.253 e. The fourth-order valence-electron chi connectivity index (χ4n) is 1.87. The van der Waals surface area contributed by atoms with Crippen molar-refractivity contribution in [3.8, 4) is 0 Å². The average molecular weight is 296 g/mol. The van der Waals surface area contributed by atoms with Crippen LogP contribution in [0.2, 0.25) is 0 Å². The van der Waals surface area contributed by atoms with E-state index in [4.69, 9.17) is 10.5 Å². The maximum Gasteiger partial charge on any atom is 0.253 e. The minimum absolute atomic E-state index is 0.241. The van der Waals surface area contributed by atoms with E-state index in [2.05, 4.69) is 5.32 Å². The molecule has 3 N–H and O–H groups in total. The number of anilines is 1. The van der Waals surface area contributed by atoms with E-state index in [1.165, 1.54) is 24.2 Å². The molecule has 1 atom stereocenters. The van der Waals surface area contributed by atoms with Crippen LogP contribution in [0.15, 0.2) is 0 Å². The van der Waals surface area contributed by atoms with Gasteiger partial charge in [0.2, 0.25) is 0 Å². The summed E-state index contributed by atoms with van der Waals surface area (Å²) < 4.78 is 5.51. The summed E-state index contributed by atoms with van der Waals surface area (Å²) in [7, 11) is 0. The molecular weight excluding hydrogens is 276 g/mol. The van der Waals surface area contributed by atoms with Crippen LogP contribution in [0.4, 0.5) is 5.00 Å². The second-order valence-corrected chi connectivity index (χ2v) is 6.48. The van der Waals surface area contributed by atoms with Gasteiger partial charge >= 0.3 is 0 Å². The molecule has 1 aromatic rings. The molecule has 2 rings (SSSR count). The minimum Gasteiger partial charge on any atom is -0.368 e. The van der Waals surface area contributed by atoms with Gasteiger partial charge in [-0.3, -0.25) is 9.59 Å². The van der Waals surface area contributed by atoms with Crippen molar-refractivity contribution in [1.82, 2.24) is 0 Å². The molecule has 110 valence electrons. The number of carbonyl (C=O) groups excluding carboxylic acids is 2. The number of carbonyl (C=O) groups is 2. The standard InChI is InChI=1S/C14H20N2O3S/c1-7-9(3)20-14(11(7)12(15)17)16-13(18)8(2)19-6-10-4-5-10/h8,10H,4-6H2,1-3H3,(H2,15,17)(H,16,18)/t8-/m0/s1. The highest BCUT2D eigenvalue weighted by Gasteiger charge is 2.25. The number of aryl methyl sites for hydroxylation is 1. The Labute approximate surface area is 122 Å². The van der Waals surface area contributed by atoms with Crippen LogP contribution in [0, 0.1) is 19.8 Å². The van der Waals surface area contributed by atoms with Gasteiger partial charge < -0.3 is 15.8 Å². The molecule has 0 aliphatic heterocycles. The lowest BCUT2D eigenvalue weighted by molar-refractivity contribution is -0.126. The van der Waals surface area contributed by atoms with E-state index in [0.29, 0.717) is 23.1 Å². The van der Waals surface area contributed by atoms with Gasteiger partial charge in [0.15, 0.2) is 0 Å². The number of amides is 2. The lowest BCUT2D eigenvalue weighted by Gasteiger charge is -2.12. The van der Waals surface area contributed by atoms with Gasteiger partial charge in [0, 0.05) is 4.88 Å². The predicted octanol–water partition coefficient (Wildman–Crippen LogP) is 2.22. The van der Waals surface area contributed by atoms with Crippen LogP contribution in [-0.2, 0) is 9.53 Å². The fourth-order valence-corrected chi connectivity index (χ4v) is 2.93. The second-order valence-electron chi connectivity index (χ2n) is 5.26. The first-order chi connectivity index (χ1) is 9.40. The van der Waals surface area contributed by atoms with Crippen LogP contribution in [0.5, 0.6) is 0 Å². The molecule has 20 heavy (non-hydrogen) atoms. The zero-order chi connectivity index (χ0) is 14.9. The molecule has 0 radical (unpaired) electrons. The minimum atomic E-state index is -0.529. The summed E-state index contributed by atoms with van der Waals surface area (Å²) in [4.78, 5) is 24.5. The van der Waals surface area contributed by atoms with Crippen molar-refractivity contribution < 1.29 is 14.3 Å². The monoisotopic (exact) mass is 296 g/mol. The van der Waals surface area contributed by atoms with Gasteiger partial charge in [0.05, 0.1) is 12.2 Å². The summed E-state index contributed by atoms with van der Waals surface area (Å²) in [6, 6.07) is 0. The zero-order valence-electron chi connectivity index (χ0n) is 12.0. The molecule has 1 aliphatic rings. The summed E-state index contributed by atoms with van der Waals surface area (Å²) in [6.45, 7) is 6.07. The number of rotatable bonds is 6. The Kier molecular flexibility index (Phi) is 4.45. The topological polar surface area (TPSA) is 81.4 Å². The van der Waals surface area contributed by atoms with E-state index in [0.717, 1.165) is 10.4 Å². The first-order valence-electron chi connectivity index (χ1n) is 6.72. The third kappa shape index (κ3) is 3.37. The van der Waals surface area contributed by atoms with Crippen molar-refractivity contribution >= 4 is 28.2 Å². The third-order valence-corrected chi connectivity index (χ3v) is 4.64. The Morgan fingerprint density at radius 1 is 1.45 bits per heavy atom. The Morgan fingerprint density at radius 3 is 2.65 bits per heavy atom. The molecule has 1 aliphatic carbocycles. The molecule has 5 nitrogen and oxygen atoms in total. The molecule has 6 heteroatoms. The van der Waals surface area contributed by atoms with E-state index < -0.39 is 12.0 Å². The molecule has 0 saturated heterocycles. The molecule has 1 aromatic heterocycles. The number of nitrogens with one attached hydrogen (secondary N) is 1. The van der Waals surface area contributed by atoms with Gasteiger partial charge in [-0.15, -0.1) is 11.3 Å². The number of nitrogens with two attached hydrogens (primary N) is 1. The molecule has 2 amide bonds. The highest BCUT2D eigenvalue weighted by molar-refractivity contribution is 7.16. The lowest BCUT2D eigenvalue weighted by atomic mass is 10.1. The highest BCUT2D eigenvalue weighted by Crippen LogP contribution is 2.32. The molecule has 1 saturated carbocycles. The Balaban J connectivity index is 2.02. The number of hydrogen-bond donors (Lipinski definition) is 2. The molecule has 1 fully saturated rings. The average Bonchev–Trinajstić information content (AvgIpc) is 3.14. The Hall–Kier alpha value is -1.40. The van der Waals surface area contributed by atoms with Gasteiger partial charge in [-0.2, -0.15) is 0 Å². The number of ether oxygens (including phenoxy) is 1. The van der Waals surface area contributed by atoms with E-state index in [1.807, 2.05) is 13.8 Å². The van der Waals surface area contributed by atoms with Gasteiger partial charge in [0.1, 0.15) is 11.1 Å². The van der Waals surface area contributed by atoms with E-state index >= 15 is 0 Å². The van der Waals surface area contributed by atoms with E-state index in [1.54, 1.807) is 6.92 Å². The maximum atomic E-state index is 12.1. The summed E-state index contributed by atoms with van der Waals surface area (Å²) in [6.07, 6.45) is 1.84. The van der Waals surface area contributed by atoms with E-state index in [9.17, 15) is 9.59 Å². The molecule has 0 spiro atoms. The Bertz CT molecular complexity index is 535. The lowest BCUT2D eigenvalue weighted by Crippen LogP contribution is -2.29. The first kappa shape index (κ1) is 15.0. The van der Waals surface area contributed by atoms with Gasteiger partial charge in [0.25, 0.3) is 11.8 Å². The fraction of sp³-hybridized carbons (Fsp3) is 0.571.